The van der Waals surface area contributed by atoms with Gasteiger partial charge in [0.1, 0.15) is 17.3 Å². The number of hydrogen-bond donors (Lipinski definition) is 2. The lowest BCUT2D eigenvalue weighted by molar-refractivity contribution is -0.137. The predicted molar refractivity (Wildman–Crippen MR) is 140 cm³/mol. The fourth-order valence-corrected chi connectivity index (χ4v) is 4.89. The zero-order valence-electron chi connectivity index (χ0n) is 21.1. The Hall–Kier alpha value is -4.15. The van der Waals surface area contributed by atoms with Crippen LogP contribution >= 0.6 is 0 Å². The first-order chi connectivity index (χ1) is 18.7. The Kier molecular flexibility index (Phi) is 7.40. The van der Waals surface area contributed by atoms with E-state index in [9.17, 15) is 22.8 Å². The number of benzene rings is 2. The fourth-order valence-electron chi connectivity index (χ4n) is 4.89. The van der Waals surface area contributed by atoms with Gasteiger partial charge in [-0.2, -0.15) is 13.2 Å². The maximum Gasteiger partial charge on any atom is 0.416 e. The summed E-state index contributed by atoms with van der Waals surface area (Å²) in [5, 5.41) is 3.11. The Morgan fingerprint density at radius 2 is 1.74 bits per heavy atom. The van der Waals surface area contributed by atoms with Crippen molar-refractivity contribution in [2.45, 2.75) is 50.7 Å². The van der Waals surface area contributed by atoms with Crippen molar-refractivity contribution in [3.63, 3.8) is 0 Å². The molecule has 1 aliphatic carbocycles. The maximum atomic E-state index is 13.0. The molecule has 39 heavy (non-hydrogen) atoms. The third kappa shape index (κ3) is 6.13. The van der Waals surface area contributed by atoms with Gasteiger partial charge in [0, 0.05) is 31.1 Å². The van der Waals surface area contributed by atoms with Gasteiger partial charge in [0.25, 0.3) is 5.91 Å². The zero-order chi connectivity index (χ0) is 27.6. The Morgan fingerprint density at radius 3 is 2.38 bits per heavy atom. The number of piperidine rings is 1. The van der Waals surface area contributed by atoms with Crippen LogP contribution in [0.3, 0.4) is 0 Å². The summed E-state index contributed by atoms with van der Waals surface area (Å²) in [4.78, 5) is 35.3. The van der Waals surface area contributed by atoms with Crippen LogP contribution < -0.4 is 20.7 Å². The quantitative estimate of drug-likeness (QED) is 0.403. The molecule has 3 N–H and O–H groups in total. The number of nitrogens with one attached hydrogen (secondary N) is 1. The van der Waals surface area contributed by atoms with Crippen molar-refractivity contribution < 1.29 is 27.5 Å². The number of carbonyl (C=O) groups excluding carboxylic acids is 2. The largest absolute Gasteiger partial charge is 0.455 e. The molecule has 2 aromatic carbocycles. The SMILES string of the molecule is NC(=O)c1cc(N[C@H]2CCCC2=O)nc(-c2ccc(Oc3ccc(C(F)(F)F)cc3)c(N3CCCCC3)c2)n1. The van der Waals surface area contributed by atoms with Gasteiger partial charge in [0.15, 0.2) is 17.4 Å². The van der Waals surface area contributed by atoms with Crippen molar-refractivity contribution in [2.24, 2.45) is 5.73 Å². The first-order valence-corrected chi connectivity index (χ1v) is 12.9. The highest BCUT2D eigenvalue weighted by atomic mass is 19.4. The van der Waals surface area contributed by atoms with Gasteiger partial charge in [0.2, 0.25) is 0 Å². The molecule has 2 aliphatic rings. The van der Waals surface area contributed by atoms with E-state index in [4.69, 9.17) is 10.5 Å². The summed E-state index contributed by atoms with van der Waals surface area (Å²) in [7, 11) is 0. The second kappa shape index (κ2) is 10.9. The van der Waals surface area contributed by atoms with E-state index >= 15 is 0 Å². The van der Waals surface area contributed by atoms with Crippen LogP contribution in [0.1, 0.15) is 54.6 Å². The number of amides is 1. The standard InChI is InChI=1S/C28H28F3N5O3/c29-28(30,31)18-8-10-19(11-9-18)39-24-12-7-17(15-22(24)36-13-2-1-3-14-36)27-34-21(26(32)38)16-25(35-27)33-20-5-4-6-23(20)37/h7-12,15-16,20H,1-6,13-14H2,(H2,32,38)(H,33,34,35)/t20-/m0/s1. The van der Waals surface area contributed by atoms with Crippen molar-refractivity contribution in [3.8, 4) is 22.9 Å². The van der Waals surface area contributed by atoms with Crippen molar-refractivity contribution in [2.75, 3.05) is 23.3 Å². The average molecular weight is 540 g/mol. The minimum atomic E-state index is -4.43. The second-order valence-corrected chi connectivity index (χ2v) is 9.74. The Labute approximate surface area is 223 Å². The number of primary amides is 1. The summed E-state index contributed by atoms with van der Waals surface area (Å²) in [6.07, 6.45) is 0.608. The topological polar surface area (TPSA) is 110 Å². The van der Waals surface area contributed by atoms with Gasteiger partial charge < -0.3 is 20.7 Å². The molecular weight excluding hydrogens is 511 g/mol. The molecule has 0 spiro atoms. The van der Waals surface area contributed by atoms with Crippen LogP contribution in [0.2, 0.25) is 0 Å². The summed E-state index contributed by atoms with van der Waals surface area (Å²) in [6.45, 7) is 1.57. The van der Waals surface area contributed by atoms with Gasteiger partial charge in [-0.1, -0.05) is 0 Å². The lowest BCUT2D eigenvalue weighted by Crippen LogP contribution is -2.29. The minimum Gasteiger partial charge on any atom is -0.455 e. The van der Waals surface area contributed by atoms with Gasteiger partial charge in [-0.15, -0.1) is 0 Å². The minimum absolute atomic E-state index is 0.0116. The highest BCUT2D eigenvalue weighted by molar-refractivity contribution is 5.93. The number of alkyl halides is 3. The summed E-state index contributed by atoms with van der Waals surface area (Å²) in [6, 6.07) is 10.9. The molecule has 3 aromatic rings. The van der Waals surface area contributed by atoms with E-state index in [1.54, 1.807) is 12.1 Å². The first kappa shape index (κ1) is 26.5. The van der Waals surface area contributed by atoms with Gasteiger partial charge in [-0.25, -0.2) is 9.97 Å². The number of nitrogens with zero attached hydrogens (tertiary/aromatic N) is 3. The second-order valence-electron chi connectivity index (χ2n) is 9.74. The summed E-state index contributed by atoms with van der Waals surface area (Å²) >= 11 is 0. The molecule has 0 bridgehead atoms. The van der Waals surface area contributed by atoms with Gasteiger partial charge in [-0.05, 0) is 74.6 Å². The zero-order valence-corrected chi connectivity index (χ0v) is 21.1. The summed E-state index contributed by atoms with van der Waals surface area (Å²) in [5.41, 5.74) is 6.13. The van der Waals surface area contributed by atoms with E-state index in [1.165, 1.54) is 18.2 Å². The van der Waals surface area contributed by atoms with Crippen molar-refractivity contribution in [1.29, 1.82) is 0 Å². The van der Waals surface area contributed by atoms with Crippen molar-refractivity contribution in [1.82, 2.24) is 9.97 Å². The van der Waals surface area contributed by atoms with E-state index in [-0.39, 0.29) is 29.1 Å². The molecule has 8 nitrogen and oxygen atoms in total. The van der Waals surface area contributed by atoms with Crippen LogP contribution in [-0.4, -0.2) is 40.8 Å². The predicted octanol–water partition coefficient (Wildman–Crippen LogP) is 5.58. The Bertz CT molecular complexity index is 1370. The third-order valence-electron chi connectivity index (χ3n) is 6.93. The Balaban J connectivity index is 1.50. The lowest BCUT2D eigenvalue weighted by Gasteiger charge is -2.30. The molecule has 2 fully saturated rings. The number of aromatic nitrogens is 2. The molecule has 1 atom stereocenters. The fraction of sp³-hybridized carbons (Fsp3) is 0.357. The van der Waals surface area contributed by atoms with E-state index < -0.39 is 17.6 Å². The number of hydrogen-bond acceptors (Lipinski definition) is 7. The van der Waals surface area contributed by atoms with Gasteiger partial charge >= 0.3 is 6.18 Å². The number of anilines is 2. The molecule has 0 unspecified atom stereocenters. The maximum absolute atomic E-state index is 13.0. The van der Waals surface area contributed by atoms with Crippen LogP contribution in [0, 0.1) is 0 Å². The number of ether oxygens (including phenoxy) is 1. The van der Waals surface area contributed by atoms with Gasteiger partial charge in [-0.3, -0.25) is 9.59 Å². The molecule has 11 heteroatoms. The smallest absolute Gasteiger partial charge is 0.416 e. The van der Waals surface area contributed by atoms with Crippen LogP contribution in [0.25, 0.3) is 11.4 Å². The number of carbonyl (C=O) groups is 2. The van der Waals surface area contributed by atoms with Crippen LogP contribution in [0.5, 0.6) is 11.5 Å². The number of nitrogens with two attached hydrogens (primary N) is 1. The molecule has 204 valence electrons. The number of Topliss-reactive ketones (excluding diaryl/α,β-unsaturated/α-hetero) is 1. The monoisotopic (exact) mass is 539 g/mol. The highest BCUT2D eigenvalue weighted by Crippen LogP contribution is 2.38. The molecule has 0 radical (unpaired) electrons. The molecule has 1 aliphatic heterocycles. The normalized spacial score (nSPS) is 17.8. The molecule has 1 amide bonds. The molecular formula is C28H28F3N5O3. The lowest BCUT2D eigenvalue weighted by atomic mass is 10.1. The molecule has 1 saturated heterocycles. The van der Waals surface area contributed by atoms with Crippen molar-refractivity contribution in [3.05, 3.63) is 59.8 Å². The summed E-state index contributed by atoms with van der Waals surface area (Å²) in [5.74, 6) is 0.693. The molecule has 2 heterocycles. The number of ketones is 1. The average Bonchev–Trinajstić information content (AvgIpc) is 3.33. The number of halogens is 3. The molecule has 1 aromatic heterocycles. The molecule has 1 saturated carbocycles. The Morgan fingerprint density at radius 1 is 1.00 bits per heavy atom. The van der Waals surface area contributed by atoms with E-state index in [2.05, 4.69) is 20.2 Å². The summed E-state index contributed by atoms with van der Waals surface area (Å²) < 4.78 is 45.0. The van der Waals surface area contributed by atoms with Crippen LogP contribution in [0.15, 0.2) is 48.5 Å². The van der Waals surface area contributed by atoms with Crippen LogP contribution in [0.4, 0.5) is 24.7 Å². The highest BCUT2D eigenvalue weighted by Gasteiger charge is 2.30. The van der Waals surface area contributed by atoms with Gasteiger partial charge in [0.05, 0.1) is 17.3 Å². The third-order valence-corrected chi connectivity index (χ3v) is 6.93. The van der Waals surface area contributed by atoms with E-state index in [1.807, 2.05) is 6.07 Å². The first-order valence-electron chi connectivity index (χ1n) is 12.9. The number of rotatable bonds is 7. The molecule has 5 rings (SSSR count). The van der Waals surface area contributed by atoms with E-state index in [0.29, 0.717) is 30.0 Å². The van der Waals surface area contributed by atoms with Crippen molar-refractivity contribution >= 4 is 23.2 Å². The van der Waals surface area contributed by atoms with Crippen LogP contribution in [-0.2, 0) is 11.0 Å². The van der Waals surface area contributed by atoms with E-state index in [0.717, 1.165) is 56.6 Å².